The molecule has 5 amide bonds. The highest BCUT2D eigenvalue weighted by molar-refractivity contribution is 6.31. The lowest BCUT2D eigenvalue weighted by Gasteiger charge is -2.50. The highest BCUT2D eigenvalue weighted by Crippen LogP contribution is 2.42. The molecule has 60 heavy (non-hydrogen) atoms. The Bertz CT molecular complexity index is 2280. The molecule has 9 rings (SSSR count). The monoisotopic (exact) mass is 837 g/mol. The quantitative estimate of drug-likeness (QED) is 0.295. The fraction of sp³-hybridized carbons (Fsp3) is 0.488. The van der Waals surface area contributed by atoms with E-state index in [0.29, 0.717) is 35.3 Å². The highest BCUT2D eigenvalue weighted by atomic mass is 35.5. The first-order chi connectivity index (χ1) is 29.0. The second-order valence-corrected chi connectivity index (χ2v) is 17.6. The molecule has 1 aromatic heterocycles. The van der Waals surface area contributed by atoms with Crippen LogP contribution in [0.1, 0.15) is 94.6 Å². The van der Waals surface area contributed by atoms with Crippen molar-refractivity contribution >= 4 is 52.6 Å². The molecule has 2 aromatic carbocycles. The molecule has 1 unspecified atom stereocenters. The number of halogens is 2. The third kappa shape index (κ3) is 7.76. The van der Waals surface area contributed by atoms with E-state index in [4.69, 9.17) is 21.6 Å². The summed E-state index contributed by atoms with van der Waals surface area (Å²) in [5.74, 6) is -1.48. The number of piperidine rings is 2. The maximum absolute atomic E-state index is 15.5. The highest BCUT2D eigenvalue weighted by Gasteiger charge is 2.49. The molecule has 17 heteroatoms. The topological polar surface area (TPSA) is 181 Å². The van der Waals surface area contributed by atoms with Gasteiger partial charge >= 0.3 is 0 Å². The molecule has 0 radical (unpaired) electrons. The molecule has 3 aromatic rings. The van der Waals surface area contributed by atoms with Gasteiger partial charge in [0.15, 0.2) is 11.5 Å². The Morgan fingerprint density at radius 3 is 2.35 bits per heavy atom. The number of likely N-dealkylation sites (tertiary alicyclic amines) is 1. The Morgan fingerprint density at radius 1 is 0.917 bits per heavy atom. The Balaban J connectivity index is 0.707. The van der Waals surface area contributed by atoms with E-state index in [1.165, 1.54) is 6.07 Å². The first-order valence-electron chi connectivity index (χ1n) is 20.7. The SMILES string of the molecule is N#Cc1ccc(O[C@H]2CC[C@H](NC(=O)c3ccc(N4CCC5(CN(CC6CCN(c7cc8c(cc7F)C(=O)N(C7CCC(=O)NC7=O)C8=O)CC6)C5)C4)nn3)CC2)cc1Cl. The number of carbonyl (C=O) groups excluding carboxylic acids is 5. The first-order valence-corrected chi connectivity index (χ1v) is 21.1. The van der Waals surface area contributed by atoms with Gasteiger partial charge in [0.05, 0.1) is 33.5 Å². The molecule has 312 valence electrons. The Hall–Kier alpha value is -5.66. The van der Waals surface area contributed by atoms with Crippen molar-refractivity contribution < 1.29 is 33.1 Å². The van der Waals surface area contributed by atoms with E-state index >= 15 is 4.39 Å². The van der Waals surface area contributed by atoms with Gasteiger partial charge in [0.2, 0.25) is 11.8 Å². The number of imide groups is 2. The van der Waals surface area contributed by atoms with Crippen molar-refractivity contribution in [1.82, 2.24) is 30.6 Å². The minimum absolute atomic E-state index is 0.00973. The molecule has 5 fully saturated rings. The number of rotatable bonds is 9. The smallest absolute Gasteiger partial charge is 0.272 e. The number of aromatic nitrogens is 2. The number of fused-ring (bicyclic) bond motifs is 1. The number of hydrogen-bond donors (Lipinski definition) is 2. The number of ether oxygens (including phenoxy) is 1. The Morgan fingerprint density at radius 2 is 1.67 bits per heavy atom. The summed E-state index contributed by atoms with van der Waals surface area (Å²) in [6, 6.07) is 12.2. The summed E-state index contributed by atoms with van der Waals surface area (Å²) >= 11 is 6.15. The second-order valence-electron chi connectivity index (χ2n) is 17.2. The van der Waals surface area contributed by atoms with Gasteiger partial charge in [-0.3, -0.25) is 34.2 Å². The molecule has 1 saturated carbocycles. The van der Waals surface area contributed by atoms with Gasteiger partial charge in [0, 0.05) is 69.8 Å². The van der Waals surface area contributed by atoms with Gasteiger partial charge in [0.1, 0.15) is 23.7 Å². The standard InChI is InChI=1S/C43H45ClFN9O6/c44-32-17-29(4-1-26(32)20-46)60-28-5-2-27(3-6-28)47-39(56)34-7-9-37(50-49-34)53-16-13-43(24-53)22-51(23-43)21-25-11-14-52(15-12-25)36-19-31-30(18-33(36)45)41(58)54(42(31)59)35-8-10-38(55)48-40(35)57/h1,4,7,9,17-19,25,27-28,35H,2-3,5-6,8,10-16,21-24H2,(H,47,56)(H,48,55,57)/t27-,28-,35?. The largest absolute Gasteiger partial charge is 0.490 e. The van der Waals surface area contributed by atoms with E-state index in [9.17, 15) is 24.0 Å². The molecule has 1 aliphatic carbocycles. The van der Waals surface area contributed by atoms with Crippen molar-refractivity contribution in [3.8, 4) is 11.8 Å². The molecule has 1 atom stereocenters. The van der Waals surface area contributed by atoms with Crippen LogP contribution in [0.3, 0.4) is 0 Å². The third-order valence-corrected chi connectivity index (χ3v) is 13.4. The molecular weight excluding hydrogens is 793 g/mol. The lowest BCUT2D eigenvalue weighted by molar-refractivity contribution is -0.136. The summed E-state index contributed by atoms with van der Waals surface area (Å²) in [6.45, 7) is 5.93. The minimum Gasteiger partial charge on any atom is -0.490 e. The van der Waals surface area contributed by atoms with Crippen LogP contribution < -0.4 is 25.2 Å². The van der Waals surface area contributed by atoms with E-state index in [-0.39, 0.29) is 58.8 Å². The minimum atomic E-state index is -1.10. The lowest BCUT2D eigenvalue weighted by atomic mass is 9.78. The number of anilines is 2. The fourth-order valence-electron chi connectivity index (χ4n) is 9.91. The van der Waals surface area contributed by atoms with Crippen molar-refractivity contribution in [1.29, 1.82) is 5.26 Å². The van der Waals surface area contributed by atoms with Crippen LogP contribution in [0.4, 0.5) is 15.9 Å². The molecule has 15 nitrogen and oxygen atoms in total. The first kappa shape index (κ1) is 39.8. The van der Waals surface area contributed by atoms with Gasteiger partial charge in [-0.1, -0.05) is 11.6 Å². The third-order valence-electron chi connectivity index (χ3n) is 13.1. The van der Waals surface area contributed by atoms with Crippen LogP contribution in [0, 0.1) is 28.5 Å². The van der Waals surface area contributed by atoms with Crippen LogP contribution in [0.15, 0.2) is 42.5 Å². The average Bonchev–Trinajstić information content (AvgIpc) is 3.77. The molecule has 6 heterocycles. The van der Waals surface area contributed by atoms with Crippen LogP contribution in [0.25, 0.3) is 0 Å². The van der Waals surface area contributed by atoms with Crippen molar-refractivity contribution in [2.24, 2.45) is 11.3 Å². The van der Waals surface area contributed by atoms with Gasteiger partial charge in [-0.05, 0) is 93.7 Å². The summed E-state index contributed by atoms with van der Waals surface area (Å²) in [7, 11) is 0. The lowest BCUT2D eigenvalue weighted by Crippen LogP contribution is -2.59. The van der Waals surface area contributed by atoms with Gasteiger partial charge in [0.25, 0.3) is 17.7 Å². The van der Waals surface area contributed by atoms with Gasteiger partial charge in [-0.15, -0.1) is 10.2 Å². The zero-order valence-corrected chi connectivity index (χ0v) is 33.8. The zero-order valence-electron chi connectivity index (χ0n) is 33.0. The van der Waals surface area contributed by atoms with E-state index in [0.717, 1.165) is 94.5 Å². The maximum atomic E-state index is 15.5. The number of carbonyl (C=O) groups is 5. The number of nitrogens with zero attached hydrogens (tertiary/aromatic N) is 7. The van der Waals surface area contributed by atoms with E-state index in [1.807, 2.05) is 17.0 Å². The second kappa shape index (κ2) is 16.1. The van der Waals surface area contributed by atoms with Crippen LogP contribution >= 0.6 is 11.6 Å². The van der Waals surface area contributed by atoms with Gasteiger partial charge in [-0.25, -0.2) is 4.39 Å². The summed E-state index contributed by atoms with van der Waals surface area (Å²) in [5, 5.41) is 23.5. The van der Waals surface area contributed by atoms with Crippen LogP contribution in [0.2, 0.25) is 5.02 Å². The molecule has 1 spiro atoms. The number of nitrogens with one attached hydrogen (secondary N) is 2. The van der Waals surface area contributed by atoms with E-state index < -0.39 is 35.5 Å². The molecule has 2 N–H and O–H groups in total. The predicted octanol–water partition coefficient (Wildman–Crippen LogP) is 4.09. The van der Waals surface area contributed by atoms with E-state index in [1.54, 1.807) is 24.3 Å². The van der Waals surface area contributed by atoms with E-state index in [2.05, 4.69) is 30.6 Å². The molecule has 4 saturated heterocycles. The maximum Gasteiger partial charge on any atom is 0.272 e. The summed E-state index contributed by atoms with van der Waals surface area (Å²) in [6.07, 6.45) is 5.96. The molecule has 5 aliphatic heterocycles. The van der Waals surface area contributed by atoms with Gasteiger partial charge < -0.3 is 24.8 Å². The van der Waals surface area contributed by atoms with Crippen LogP contribution in [0.5, 0.6) is 5.75 Å². The molecule has 6 aliphatic rings. The summed E-state index contributed by atoms with van der Waals surface area (Å²) in [4.78, 5) is 71.1. The average molecular weight is 838 g/mol. The van der Waals surface area contributed by atoms with Gasteiger partial charge in [-0.2, -0.15) is 5.26 Å². The zero-order chi connectivity index (χ0) is 41.7. The van der Waals surface area contributed by atoms with Crippen molar-refractivity contribution in [2.75, 3.05) is 55.6 Å². The van der Waals surface area contributed by atoms with Crippen LogP contribution in [-0.2, 0) is 9.59 Å². The number of hydrogen-bond acceptors (Lipinski definition) is 12. The normalized spacial score (nSPS) is 24.3. The predicted molar refractivity (Wildman–Crippen MR) is 216 cm³/mol. The Labute approximate surface area is 351 Å². The number of benzene rings is 2. The summed E-state index contributed by atoms with van der Waals surface area (Å²) in [5.41, 5.74) is 1.19. The summed E-state index contributed by atoms with van der Waals surface area (Å²) < 4.78 is 21.5. The van der Waals surface area contributed by atoms with Crippen molar-refractivity contribution in [3.05, 3.63) is 75.7 Å². The van der Waals surface area contributed by atoms with Crippen molar-refractivity contribution in [2.45, 2.75) is 76.0 Å². The van der Waals surface area contributed by atoms with Crippen LogP contribution in [-0.4, -0.2) is 114 Å². The number of amides is 5. The Kier molecular flexibility index (Phi) is 10.7. The van der Waals surface area contributed by atoms with Crippen molar-refractivity contribution in [3.63, 3.8) is 0 Å². The molecule has 0 bridgehead atoms. The number of nitriles is 1. The molecular formula is C43H45ClFN9O6. The fourth-order valence-corrected chi connectivity index (χ4v) is 10.1.